The van der Waals surface area contributed by atoms with Gasteiger partial charge in [0, 0.05) is 23.5 Å². The fourth-order valence-electron chi connectivity index (χ4n) is 1.11. The number of halogens is 1. The first-order chi connectivity index (χ1) is 7.59. The van der Waals surface area contributed by atoms with Crippen molar-refractivity contribution in [2.24, 2.45) is 0 Å². The highest BCUT2D eigenvalue weighted by molar-refractivity contribution is 9.11. The van der Waals surface area contributed by atoms with Gasteiger partial charge in [-0.3, -0.25) is 0 Å². The van der Waals surface area contributed by atoms with E-state index in [4.69, 9.17) is 5.11 Å². The number of nitrogens with one attached hydrogen (secondary N) is 1. The summed E-state index contributed by atoms with van der Waals surface area (Å²) in [6.07, 6.45) is 2.66. The van der Waals surface area contributed by atoms with Crippen LogP contribution >= 0.6 is 27.3 Å². The third kappa shape index (κ3) is 4.92. The monoisotopic (exact) mass is 303 g/mol. The highest BCUT2D eigenvalue weighted by Crippen LogP contribution is 2.21. The largest absolute Gasteiger partial charge is 0.478 e. The molecule has 0 bridgehead atoms. The second-order valence-corrected chi connectivity index (χ2v) is 5.90. The first-order valence-electron chi connectivity index (χ1n) is 4.94. The third-order valence-corrected chi connectivity index (χ3v) is 3.75. The quantitative estimate of drug-likeness (QED) is 0.627. The third-order valence-electron chi connectivity index (χ3n) is 2.07. The molecule has 0 aliphatic carbocycles. The Kier molecular flexibility index (Phi) is 5.73. The second-order valence-electron chi connectivity index (χ2n) is 3.35. The maximum Gasteiger partial charge on any atom is 0.330 e. The van der Waals surface area contributed by atoms with E-state index in [2.05, 4.69) is 27.3 Å². The molecule has 0 aromatic carbocycles. The van der Waals surface area contributed by atoms with Crippen molar-refractivity contribution in [2.75, 3.05) is 13.1 Å². The van der Waals surface area contributed by atoms with Crippen LogP contribution in [0.25, 0.3) is 0 Å². The van der Waals surface area contributed by atoms with Gasteiger partial charge in [0.25, 0.3) is 0 Å². The molecule has 0 saturated carbocycles. The van der Waals surface area contributed by atoms with Crippen LogP contribution in [0.5, 0.6) is 0 Å². The van der Waals surface area contributed by atoms with Gasteiger partial charge in [-0.2, -0.15) is 0 Å². The van der Waals surface area contributed by atoms with Crippen LogP contribution in [-0.4, -0.2) is 24.2 Å². The summed E-state index contributed by atoms with van der Waals surface area (Å²) in [6, 6.07) is 4.13. The minimum Gasteiger partial charge on any atom is -0.478 e. The Labute approximate surface area is 107 Å². The van der Waals surface area contributed by atoms with Crippen LogP contribution in [0.1, 0.15) is 11.8 Å². The topological polar surface area (TPSA) is 49.3 Å². The molecule has 16 heavy (non-hydrogen) atoms. The van der Waals surface area contributed by atoms with Crippen molar-refractivity contribution in [2.45, 2.75) is 13.3 Å². The normalized spacial score (nSPS) is 11.8. The van der Waals surface area contributed by atoms with Crippen molar-refractivity contribution < 1.29 is 9.90 Å². The number of hydrogen-bond acceptors (Lipinski definition) is 3. The molecule has 0 amide bonds. The zero-order valence-corrected chi connectivity index (χ0v) is 11.4. The van der Waals surface area contributed by atoms with Crippen molar-refractivity contribution in [1.29, 1.82) is 0 Å². The van der Waals surface area contributed by atoms with Crippen LogP contribution in [0.4, 0.5) is 0 Å². The molecule has 0 radical (unpaired) electrons. The molecule has 0 saturated heterocycles. The lowest BCUT2D eigenvalue weighted by atomic mass is 10.3. The van der Waals surface area contributed by atoms with Crippen molar-refractivity contribution >= 4 is 33.2 Å². The minimum atomic E-state index is -0.857. The van der Waals surface area contributed by atoms with Crippen LogP contribution in [0, 0.1) is 0 Å². The summed E-state index contributed by atoms with van der Waals surface area (Å²) in [5.41, 5.74) is 0.381. The molecule has 0 atom stereocenters. The summed E-state index contributed by atoms with van der Waals surface area (Å²) in [6.45, 7) is 3.06. The van der Waals surface area contributed by atoms with E-state index in [9.17, 15) is 4.79 Å². The lowest BCUT2D eigenvalue weighted by Gasteiger charge is -2.00. The van der Waals surface area contributed by atoms with Gasteiger partial charge in [0.1, 0.15) is 0 Å². The molecule has 5 heteroatoms. The van der Waals surface area contributed by atoms with Crippen molar-refractivity contribution in [3.8, 4) is 0 Å². The predicted octanol–water partition coefficient (Wildman–Crippen LogP) is 2.67. The van der Waals surface area contributed by atoms with Crippen molar-refractivity contribution in [1.82, 2.24) is 5.32 Å². The Morgan fingerprint density at radius 2 is 2.38 bits per heavy atom. The fourth-order valence-corrected chi connectivity index (χ4v) is 2.60. The van der Waals surface area contributed by atoms with Crippen LogP contribution in [0.15, 0.2) is 27.6 Å². The van der Waals surface area contributed by atoms with E-state index in [1.807, 2.05) is 6.07 Å². The van der Waals surface area contributed by atoms with Gasteiger partial charge in [-0.05, 0) is 41.4 Å². The Morgan fingerprint density at radius 3 is 2.94 bits per heavy atom. The summed E-state index contributed by atoms with van der Waals surface area (Å²) in [4.78, 5) is 11.8. The smallest absolute Gasteiger partial charge is 0.330 e. The average Bonchev–Trinajstić information content (AvgIpc) is 2.63. The SMILES string of the molecule is C/C(=C/CNCCc1ccc(Br)s1)C(=O)O. The fraction of sp³-hybridized carbons (Fsp3) is 0.364. The van der Waals surface area contributed by atoms with Gasteiger partial charge in [0.2, 0.25) is 0 Å². The summed E-state index contributed by atoms with van der Waals surface area (Å²) in [5.74, 6) is -0.857. The number of hydrogen-bond donors (Lipinski definition) is 2. The molecular formula is C11H14BrNO2S. The number of carboxylic acids is 1. The van der Waals surface area contributed by atoms with Crippen LogP contribution < -0.4 is 5.32 Å². The Morgan fingerprint density at radius 1 is 1.62 bits per heavy atom. The van der Waals surface area contributed by atoms with Gasteiger partial charge in [-0.1, -0.05) is 6.08 Å². The van der Waals surface area contributed by atoms with E-state index in [-0.39, 0.29) is 0 Å². The summed E-state index contributed by atoms with van der Waals surface area (Å²) >= 11 is 5.14. The van der Waals surface area contributed by atoms with E-state index in [1.54, 1.807) is 24.3 Å². The Hall–Kier alpha value is -0.650. The van der Waals surface area contributed by atoms with Crippen LogP contribution in [0.3, 0.4) is 0 Å². The highest BCUT2D eigenvalue weighted by Gasteiger charge is 1.98. The summed E-state index contributed by atoms with van der Waals surface area (Å²) in [5, 5.41) is 11.8. The molecule has 0 spiro atoms. The number of aliphatic carboxylic acids is 1. The molecule has 1 heterocycles. The number of thiophene rings is 1. The number of carbonyl (C=O) groups is 1. The molecule has 0 aliphatic rings. The first kappa shape index (κ1) is 13.4. The Balaban J connectivity index is 2.17. The summed E-state index contributed by atoms with van der Waals surface area (Å²) in [7, 11) is 0. The van der Waals surface area contributed by atoms with Gasteiger partial charge in [0.05, 0.1) is 3.79 Å². The van der Waals surface area contributed by atoms with Crippen molar-refractivity contribution in [3.63, 3.8) is 0 Å². The molecule has 0 unspecified atom stereocenters. The molecule has 3 nitrogen and oxygen atoms in total. The molecule has 1 aromatic heterocycles. The predicted molar refractivity (Wildman–Crippen MR) is 70.0 cm³/mol. The minimum absolute atomic E-state index is 0.381. The maximum absolute atomic E-state index is 10.5. The zero-order chi connectivity index (χ0) is 12.0. The number of rotatable bonds is 6. The van der Waals surface area contributed by atoms with E-state index >= 15 is 0 Å². The average molecular weight is 304 g/mol. The second kappa shape index (κ2) is 6.83. The van der Waals surface area contributed by atoms with Gasteiger partial charge in [-0.25, -0.2) is 4.79 Å². The standard InChI is InChI=1S/C11H14BrNO2S/c1-8(11(14)15)4-6-13-7-5-9-2-3-10(12)16-9/h2-4,13H,5-7H2,1H3,(H,14,15)/b8-4-. The highest BCUT2D eigenvalue weighted by atomic mass is 79.9. The molecule has 0 aliphatic heterocycles. The van der Waals surface area contributed by atoms with Gasteiger partial charge >= 0.3 is 5.97 Å². The zero-order valence-electron chi connectivity index (χ0n) is 9.00. The molecule has 0 fully saturated rings. The lowest BCUT2D eigenvalue weighted by Crippen LogP contribution is -2.17. The van der Waals surface area contributed by atoms with E-state index in [0.29, 0.717) is 12.1 Å². The van der Waals surface area contributed by atoms with Gasteiger partial charge in [-0.15, -0.1) is 11.3 Å². The first-order valence-corrected chi connectivity index (χ1v) is 6.55. The van der Waals surface area contributed by atoms with Crippen molar-refractivity contribution in [3.05, 3.63) is 32.4 Å². The molecule has 1 aromatic rings. The van der Waals surface area contributed by atoms with E-state index in [1.165, 1.54) is 4.88 Å². The maximum atomic E-state index is 10.5. The molecule has 1 rings (SSSR count). The molecular weight excluding hydrogens is 290 g/mol. The molecule has 2 N–H and O–H groups in total. The van der Waals surface area contributed by atoms with Crippen LogP contribution in [-0.2, 0) is 11.2 Å². The van der Waals surface area contributed by atoms with E-state index in [0.717, 1.165) is 16.8 Å². The Bertz CT molecular complexity index is 387. The lowest BCUT2D eigenvalue weighted by molar-refractivity contribution is -0.132. The van der Waals surface area contributed by atoms with Gasteiger partial charge in [0.15, 0.2) is 0 Å². The van der Waals surface area contributed by atoms with Gasteiger partial charge < -0.3 is 10.4 Å². The summed E-state index contributed by atoms with van der Waals surface area (Å²) < 4.78 is 1.14. The van der Waals surface area contributed by atoms with Crippen LogP contribution in [0.2, 0.25) is 0 Å². The molecule has 88 valence electrons. The van der Waals surface area contributed by atoms with E-state index < -0.39 is 5.97 Å². The number of carboxylic acid groups (broad SMARTS) is 1.